The van der Waals surface area contributed by atoms with E-state index in [4.69, 9.17) is 0 Å². The summed E-state index contributed by atoms with van der Waals surface area (Å²) in [5.41, 5.74) is 1.98. The smallest absolute Gasteiger partial charge is 0.273 e. The van der Waals surface area contributed by atoms with Crippen molar-refractivity contribution in [2.24, 2.45) is 0 Å². The maximum Gasteiger partial charge on any atom is 0.273 e. The molecule has 1 N–H and O–H groups in total. The van der Waals surface area contributed by atoms with E-state index < -0.39 is 0 Å². The number of ketones is 1. The van der Waals surface area contributed by atoms with Crippen molar-refractivity contribution in [1.29, 1.82) is 0 Å². The normalized spacial score (nSPS) is 10.4. The number of aromatic nitrogens is 2. The molecule has 0 aliphatic carbocycles. The summed E-state index contributed by atoms with van der Waals surface area (Å²) in [6.07, 6.45) is 1.58. The first-order valence-corrected chi connectivity index (χ1v) is 7.72. The van der Waals surface area contributed by atoms with Crippen LogP contribution < -0.4 is 5.32 Å². The van der Waals surface area contributed by atoms with E-state index in [0.29, 0.717) is 29.1 Å². The molecule has 0 aliphatic heterocycles. The van der Waals surface area contributed by atoms with Crippen LogP contribution in [0, 0.1) is 0 Å². The minimum atomic E-state index is -0.289. The number of nitrogens with zero attached hydrogens (tertiary/aromatic N) is 2. The van der Waals surface area contributed by atoms with Crippen LogP contribution in [0.3, 0.4) is 0 Å². The lowest BCUT2D eigenvalue weighted by atomic mass is 10.0. The van der Waals surface area contributed by atoms with Crippen LogP contribution in [0.4, 0.5) is 5.69 Å². The molecule has 0 saturated carbocycles. The summed E-state index contributed by atoms with van der Waals surface area (Å²) in [4.78, 5) is 25.2. The van der Waals surface area contributed by atoms with Crippen molar-refractivity contribution in [2.45, 2.75) is 13.5 Å². The molecule has 0 atom stereocenters. The van der Waals surface area contributed by atoms with Crippen molar-refractivity contribution >= 4 is 17.4 Å². The van der Waals surface area contributed by atoms with Crippen LogP contribution >= 0.6 is 0 Å². The number of benzene rings is 2. The van der Waals surface area contributed by atoms with Crippen molar-refractivity contribution in [1.82, 2.24) is 9.78 Å². The predicted octanol–water partition coefficient (Wildman–Crippen LogP) is 3.39. The van der Waals surface area contributed by atoms with Crippen LogP contribution in [0.15, 0.2) is 66.9 Å². The zero-order valence-electron chi connectivity index (χ0n) is 13.3. The Hall–Kier alpha value is -3.21. The van der Waals surface area contributed by atoms with Gasteiger partial charge in [0.1, 0.15) is 5.69 Å². The molecule has 5 nitrogen and oxygen atoms in total. The predicted molar refractivity (Wildman–Crippen MR) is 92.2 cm³/mol. The zero-order chi connectivity index (χ0) is 16.9. The Balaban J connectivity index is 1.90. The third-order valence-electron chi connectivity index (χ3n) is 3.70. The van der Waals surface area contributed by atoms with Gasteiger partial charge in [-0.15, -0.1) is 0 Å². The van der Waals surface area contributed by atoms with Crippen LogP contribution in [0.25, 0.3) is 0 Å². The topological polar surface area (TPSA) is 64.0 Å². The molecule has 1 amide bonds. The second-order valence-corrected chi connectivity index (χ2v) is 5.23. The Labute approximate surface area is 139 Å². The van der Waals surface area contributed by atoms with Crippen LogP contribution in [-0.4, -0.2) is 21.5 Å². The molecule has 1 heterocycles. The average Bonchev–Trinajstić information content (AvgIpc) is 3.11. The SMILES string of the molecule is CCn1nccc1C(=O)Nc1ccccc1C(=O)c1ccccc1. The fraction of sp³-hybridized carbons (Fsp3) is 0.105. The van der Waals surface area contributed by atoms with E-state index in [2.05, 4.69) is 10.4 Å². The molecule has 0 spiro atoms. The van der Waals surface area contributed by atoms with E-state index in [1.54, 1.807) is 53.3 Å². The molecule has 0 radical (unpaired) electrons. The van der Waals surface area contributed by atoms with Crippen LogP contribution in [0.2, 0.25) is 0 Å². The van der Waals surface area contributed by atoms with Gasteiger partial charge in [0.2, 0.25) is 0 Å². The number of nitrogens with one attached hydrogen (secondary N) is 1. The number of carbonyl (C=O) groups excluding carboxylic acids is 2. The summed E-state index contributed by atoms with van der Waals surface area (Å²) in [6.45, 7) is 2.51. The summed E-state index contributed by atoms with van der Waals surface area (Å²) in [5, 5.41) is 6.91. The van der Waals surface area contributed by atoms with Gasteiger partial charge in [0.05, 0.1) is 5.69 Å². The fourth-order valence-electron chi connectivity index (χ4n) is 2.50. The Morgan fingerprint density at radius 2 is 1.71 bits per heavy atom. The van der Waals surface area contributed by atoms with E-state index in [9.17, 15) is 9.59 Å². The van der Waals surface area contributed by atoms with Gasteiger partial charge >= 0.3 is 0 Å². The summed E-state index contributed by atoms with van der Waals surface area (Å²) in [5.74, 6) is -0.418. The lowest BCUT2D eigenvalue weighted by Gasteiger charge is -2.11. The molecule has 0 bridgehead atoms. The Morgan fingerprint density at radius 1 is 1.00 bits per heavy atom. The summed E-state index contributed by atoms with van der Waals surface area (Å²) >= 11 is 0. The van der Waals surface area contributed by atoms with Crippen LogP contribution in [0.1, 0.15) is 33.3 Å². The van der Waals surface area contributed by atoms with Crippen molar-refractivity contribution in [3.8, 4) is 0 Å². The van der Waals surface area contributed by atoms with Crippen LogP contribution in [-0.2, 0) is 6.54 Å². The minimum Gasteiger partial charge on any atom is -0.320 e. The maximum atomic E-state index is 12.7. The number of hydrogen-bond acceptors (Lipinski definition) is 3. The van der Waals surface area contributed by atoms with Gasteiger partial charge in [-0.1, -0.05) is 42.5 Å². The number of aryl methyl sites for hydroxylation is 1. The quantitative estimate of drug-likeness (QED) is 0.733. The summed E-state index contributed by atoms with van der Waals surface area (Å²) in [6, 6.07) is 17.7. The highest BCUT2D eigenvalue weighted by Gasteiger charge is 2.17. The second kappa shape index (κ2) is 6.91. The fourth-order valence-corrected chi connectivity index (χ4v) is 2.50. The van der Waals surface area contributed by atoms with Crippen molar-refractivity contribution in [3.63, 3.8) is 0 Å². The highest BCUT2D eigenvalue weighted by molar-refractivity contribution is 6.15. The van der Waals surface area contributed by atoms with Gasteiger partial charge in [0, 0.05) is 23.9 Å². The molecule has 3 rings (SSSR count). The monoisotopic (exact) mass is 319 g/mol. The van der Waals surface area contributed by atoms with E-state index in [1.165, 1.54) is 0 Å². The molecule has 0 aliphatic rings. The second-order valence-electron chi connectivity index (χ2n) is 5.23. The molecule has 2 aromatic carbocycles. The summed E-state index contributed by atoms with van der Waals surface area (Å²) in [7, 11) is 0. The Kier molecular flexibility index (Phi) is 4.52. The molecule has 0 fully saturated rings. The standard InChI is InChI=1S/C19H17N3O2/c1-2-22-17(12-13-20-22)19(24)21-16-11-7-6-10-15(16)18(23)14-8-4-3-5-9-14/h3-13H,2H2,1H3,(H,21,24). The van der Waals surface area contributed by atoms with Gasteiger partial charge in [0.15, 0.2) is 5.78 Å². The van der Waals surface area contributed by atoms with Gasteiger partial charge in [-0.05, 0) is 25.1 Å². The molecule has 0 unspecified atom stereocenters. The number of anilines is 1. The van der Waals surface area contributed by atoms with E-state index >= 15 is 0 Å². The van der Waals surface area contributed by atoms with Crippen LogP contribution in [0.5, 0.6) is 0 Å². The van der Waals surface area contributed by atoms with Crippen molar-refractivity contribution < 1.29 is 9.59 Å². The first-order valence-electron chi connectivity index (χ1n) is 7.72. The summed E-state index contributed by atoms with van der Waals surface area (Å²) < 4.78 is 1.61. The molecule has 120 valence electrons. The van der Waals surface area contributed by atoms with Gasteiger partial charge < -0.3 is 5.32 Å². The first-order chi connectivity index (χ1) is 11.7. The van der Waals surface area contributed by atoms with Crippen molar-refractivity contribution in [3.05, 3.63) is 83.7 Å². The minimum absolute atomic E-state index is 0.129. The third kappa shape index (κ3) is 3.10. The number of amides is 1. The van der Waals surface area contributed by atoms with Crippen molar-refractivity contribution in [2.75, 3.05) is 5.32 Å². The number of para-hydroxylation sites is 1. The Bertz CT molecular complexity index is 869. The lowest BCUT2D eigenvalue weighted by Crippen LogP contribution is -2.19. The zero-order valence-corrected chi connectivity index (χ0v) is 13.3. The average molecular weight is 319 g/mol. The lowest BCUT2D eigenvalue weighted by molar-refractivity contribution is 0.101. The third-order valence-corrected chi connectivity index (χ3v) is 3.70. The van der Waals surface area contributed by atoms with Gasteiger partial charge in [-0.2, -0.15) is 5.10 Å². The van der Waals surface area contributed by atoms with Gasteiger partial charge in [-0.3, -0.25) is 14.3 Å². The molecular formula is C19H17N3O2. The maximum absolute atomic E-state index is 12.7. The van der Waals surface area contributed by atoms with Gasteiger partial charge in [0.25, 0.3) is 5.91 Å². The molecular weight excluding hydrogens is 302 g/mol. The molecule has 0 saturated heterocycles. The first kappa shape index (κ1) is 15.7. The van der Waals surface area contributed by atoms with Gasteiger partial charge in [-0.25, -0.2) is 0 Å². The number of rotatable bonds is 5. The number of carbonyl (C=O) groups is 2. The molecule has 24 heavy (non-hydrogen) atoms. The highest BCUT2D eigenvalue weighted by atomic mass is 16.2. The highest BCUT2D eigenvalue weighted by Crippen LogP contribution is 2.20. The molecule has 3 aromatic rings. The van der Waals surface area contributed by atoms with E-state index in [-0.39, 0.29) is 11.7 Å². The largest absolute Gasteiger partial charge is 0.320 e. The number of hydrogen-bond donors (Lipinski definition) is 1. The molecule has 5 heteroatoms. The Morgan fingerprint density at radius 3 is 2.46 bits per heavy atom. The van der Waals surface area contributed by atoms with E-state index in [1.807, 2.05) is 25.1 Å². The molecule has 1 aromatic heterocycles. The van der Waals surface area contributed by atoms with E-state index in [0.717, 1.165) is 0 Å².